The van der Waals surface area contributed by atoms with Crippen molar-refractivity contribution in [3.8, 4) is 0 Å². The molecule has 0 fully saturated rings. The summed E-state index contributed by atoms with van der Waals surface area (Å²) < 4.78 is 9.83. The van der Waals surface area contributed by atoms with Gasteiger partial charge in [-0.05, 0) is 47.1 Å². The van der Waals surface area contributed by atoms with Crippen molar-refractivity contribution in [1.82, 2.24) is 15.2 Å². The number of hydrogen-bond donors (Lipinski definition) is 2. The molecule has 0 spiro atoms. The molecule has 1 atom stereocenters. The van der Waals surface area contributed by atoms with Crippen LogP contribution in [0.25, 0.3) is 0 Å². The monoisotopic (exact) mass is 381 g/mol. The Labute approximate surface area is 160 Å². The zero-order valence-electron chi connectivity index (χ0n) is 17.5. The average molecular weight is 381 g/mol. The summed E-state index contributed by atoms with van der Waals surface area (Å²) in [7, 11) is 2.82. The number of nitrogens with one attached hydrogen (secondary N) is 2. The first kappa shape index (κ1) is 22.7. The van der Waals surface area contributed by atoms with Crippen LogP contribution in [0.1, 0.15) is 59.8 Å². The van der Waals surface area contributed by atoms with Crippen molar-refractivity contribution in [2.24, 2.45) is 0 Å². The van der Waals surface area contributed by atoms with Gasteiger partial charge in [-0.3, -0.25) is 4.79 Å². The molecule has 1 heterocycles. The molecule has 1 aromatic rings. The number of esters is 1. The van der Waals surface area contributed by atoms with E-state index < -0.39 is 17.6 Å². The fourth-order valence-corrected chi connectivity index (χ4v) is 2.83. The van der Waals surface area contributed by atoms with Gasteiger partial charge < -0.3 is 24.7 Å². The minimum absolute atomic E-state index is 0.244. The molecule has 27 heavy (non-hydrogen) atoms. The highest BCUT2D eigenvalue weighted by Crippen LogP contribution is 2.22. The first-order valence-electron chi connectivity index (χ1n) is 8.84. The second-order valence-corrected chi connectivity index (χ2v) is 7.52. The van der Waals surface area contributed by atoms with Crippen LogP contribution in [0, 0.1) is 13.8 Å². The van der Waals surface area contributed by atoms with Gasteiger partial charge in [-0.1, -0.05) is 0 Å². The molecule has 1 rings (SSSR count). The van der Waals surface area contributed by atoms with Gasteiger partial charge in [-0.25, -0.2) is 9.59 Å². The summed E-state index contributed by atoms with van der Waals surface area (Å²) >= 11 is 0. The van der Waals surface area contributed by atoms with Gasteiger partial charge in [0.15, 0.2) is 5.78 Å². The van der Waals surface area contributed by atoms with E-state index in [0.29, 0.717) is 23.4 Å². The number of nitrogens with zero attached hydrogens (tertiary/aromatic N) is 1. The number of carbonyl (C=O) groups is 3. The molecule has 1 aromatic heterocycles. The molecule has 0 bridgehead atoms. The standard InChI is InChI=1S/C19H31N3O5/c1-11-14(12(2)20-15(11)17(24)27-8)16(23)13(3)22(9-10-26-7)18(25)21-19(4,5)6/h13,20H,9-10H2,1-8H3,(H,21,25). The fourth-order valence-electron chi connectivity index (χ4n) is 2.83. The van der Waals surface area contributed by atoms with Gasteiger partial charge in [-0.2, -0.15) is 0 Å². The molecule has 2 amide bonds. The Morgan fingerprint density at radius 2 is 1.78 bits per heavy atom. The third-order valence-corrected chi connectivity index (χ3v) is 4.20. The van der Waals surface area contributed by atoms with Crippen LogP contribution in [0.4, 0.5) is 4.79 Å². The van der Waals surface area contributed by atoms with E-state index in [2.05, 4.69) is 10.3 Å². The molecule has 152 valence electrons. The maximum absolute atomic E-state index is 13.2. The Morgan fingerprint density at radius 1 is 1.19 bits per heavy atom. The maximum Gasteiger partial charge on any atom is 0.354 e. The lowest BCUT2D eigenvalue weighted by Gasteiger charge is -2.32. The summed E-state index contributed by atoms with van der Waals surface area (Å²) in [4.78, 5) is 42.1. The summed E-state index contributed by atoms with van der Waals surface area (Å²) in [6, 6.07) is -1.08. The zero-order valence-corrected chi connectivity index (χ0v) is 17.5. The number of ketones is 1. The average Bonchev–Trinajstić information content (AvgIpc) is 2.86. The molecule has 0 aromatic carbocycles. The highest BCUT2D eigenvalue weighted by Gasteiger charge is 2.32. The quantitative estimate of drug-likeness (QED) is 0.558. The number of ether oxygens (including phenoxy) is 2. The van der Waals surface area contributed by atoms with E-state index in [-0.39, 0.29) is 24.1 Å². The SMILES string of the molecule is COCCN(C(=O)NC(C)(C)C)C(C)C(=O)c1c(C)[nH]c(C(=O)OC)c1C. The Morgan fingerprint density at radius 3 is 2.26 bits per heavy atom. The molecule has 1 unspecified atom stereocenters. The minimum atomic E-state index is -0.735. The number of H-pyrrole nitrogens is 1. The molecule has 0 aliphatic carbocycles. The number of aromatic nitrogens is 1. The van der Waals surface area contributed by atoms with Crippen LogP contribution >= 0.6 is 0 Å². The molecule has 0 radical (unpaired) electrons. The number of methoxy groups -OCH3 is 2. The molecule has 0 saturated carbocycles. The predicted molar refractivity (Wildman–Crippen MR) is 102 cm³/mol. The van der Waals surface area contributed by atoms with Crippen molar-refractivity contribution in [1.29, 1.82) is 0 Å². The summed E-state index contributed by atoms with van der Waals surface area (Å²) in [6.07, 6.45) is 0. The summed E-state index contributed by atoms with van der Waals surface area (Å²) in [5.41, 5.74) is 1.28. The Hall–Kier alpha value is -2.35. The number of Topliss-reactive ketones (excluding diaryl/α,β-unsaturated/α-hetero) is 1. The van der Waals surface area contributed by atoms with E-state index in [9.17, 15) is 14.4 Å². The van der Waals surface area contributed by atoms with Crippen molar-refractivity contribution < 1.29 is 23.9 Å². The van der Waals surface area contributed by atoms with Gasteiger partial charge in [0.1, 0.15) is 5.69 Å². The van der Waals surface area contributed by atoms with Crippen molar-refractivity contribution >= 4 is 17.8 Å². The smallest absolute Gasteiger partial charge is 0.354 e. The lowest BCUT2D eigenvalue weighted by atomic mass is 10.00. The summed E-state index contributed by atoms with van der Waals surface area (Å²) in [5.74, 6) is -0.791. The van der Waals surface area contributed by atoms with Gasteiger partial charge in [0.25, 0.3) is 0 Å². The third kappa shape index (κ3) is 5.56. The number of carbonyl (C=O) groups excluding carboxylic acids is 3. The van der Waals surface area contributed by atoms with Crippen LogP contribution in [0.15, 0.2) is 0 Å². The first-order valence-corrected chi connectivity index (χ1v) is 8.84. The largest absolute Gasteiger partial charge is 0.464 e. The molecular formula is C19H31N3O5. The van der Waals surface area contributed by atoms with E-state index in [1.807, 2.05) is 20.8 Å². The van der Waals surface area contributed by atoms with E-state index in [0.717, 1.165) is 0 Å². The van der Waals surface area contributed by atoms with Crippen LogP contribution < -0.4 is 5.32 Å². The molecule has 2 N–H and O–H groups in total. The molecular weight excluding hydrogens is 350 g/mol. The van der Waals surface area contributed by atoms with Crippen LogP contribution in [-0.4, -0.2) is 66.6 Å². The van der Waals surface area contributed by atoms with E-state index in [4.69, 9.17) is 9.47 Å². The number of urea groups is 1. The fraction of sp³-hybridized carbons (Fsp3) is 0.632. The van der Waals surface area contributed by atoms with Crippen LogP contribution in [-0.2, 0) is 9.47 Å². The van der Waals surface area contributed by atoms with E-state index in [1.54, 1.807) is 20.8 Å². The Bertz CT molecular complexity index is 703. The van der Waals surface area contributed by atoms with Crippen molar-refractivity contribution in [2.45, 2.75) is 53.1 Å². The number of rotatable bonds is 7. The summed E-state index contributed by atoms with van der Waals surface area (Å²) in [6.45, 7) is 11.2. The molecule has 0 saturated heterocycles. The molecule has 8 nitrogen and oxygen atoms in total. The highest BCUT2D eigenvalue weighted by atomic mass is 16.5. The van der Waals surface area contributed by atoms with Crippen LogP contribution in [0.2, 0.25) is 0 Å². The number of hydrogen-bond acceptors (Lipinski definition) is 5. The van der Waals surface area contributed by atoms with Gasteiger partial charge >= 0.3 is 12.0 Å². The molecule has 0 aliphatic heterocycles. The topological polar surface area (TPSA) is 101 Å². The number of amides is 2. The first-order chi connectivity index (χ1) is 12.4. The van der Waals surface area contributed by atoms with Crippen molar-refractivity contribution in [3.63, 3.8) is 0 Å². The Balaban J connectivity index is 3.20. The van der Waals surface area contributed by atoms with Crippen molar-refractivity contribution in [3.05, 3.63) is 22.5 Å². The summed E-state index contributed by atoms with van der Waals surface area (Å²) in [5, 5.41) is 2.87. The lowest BCUT2D eigenvalue weighted by molar-refractivity contribution is 0.0593. The van der Waals surface area contributed by atoms with E-state index >= 15 is 0 Å². The highest BCUT2D eigenvalue weighted by molar-refractivity contribution is 6.06. The van der Waals surface area contributed by atoms with E-state index in [1.165, 1.54) is 19.1 Å². The Kier molecular flexibility index (Phi) is 7.59. The lowest BCUT2D eigenvalue weighted by Crippen LogP contribution is -2.54. The number of aromatic amines is 1. The van der Waals surface area contributed by atoms with Gasteiger partial charge in [0, 0.05) is 30.5 Å². The second kappa shape index (κ2) is 9.03. The zero-order chi connectivity index (χ0) is 20.9. The normalized spacial score (nSPS) is 12.4. The van der Waals surface area contributed by atoms with Gasteiger partial charge in [0.2, 0.25) is 0 Å². The maximum atomic E-state index is 13.2. The van der Waals surface area contributed by atoms with Crippen LogP contribution in [0.5, 0.6) is 0 Å². The predicted octanol–water partition coefficient (Wildman–Crippen LogP) is 2.45. The minimum Gasteiger partial charge on any atom is -0.464 e. The molecule has 8 heteroatoms. The third-order valence-electron chi connectivity index (χ3n) is 4.20. The van der Waals surface area contributed by atoms with Crippen LogP contribution in [0.3, 0.4) is 0 Å². The molecule has 0 aliphatic rings. The van der Waals surface area contributed by atoms with Gasteiger partial charge in [0.05, 0.1) is 19.8 Å². The van der Waals surface area contributed by atoms with Gasteiger partial charge in [-0.15, -0.1) is 0 Å². The van der Waals surface area contributed by atoms with Crippen molar-refractivity contribution in [2.75, 3.05) is 27.4 Å². The number of aryl methyl sites for hydroxylation is 1. The second-order valence-electron chi connectivity index (χ2n) is 7.52.